The fourth-order valence-electron chi connectivity index (χ4n) is 3.65. The van der Waals surface area contributed by atoms with Crippen molar-refractivity contribution in [1.29, 1.82) is 0 Å². The minimum Gasteiger partial charge on any atom is -0.490 e. The van der Waals surface area contributed by atoms with E-state index in [1.165, 1.54) is 7.11 Å². The van der Waals surface area contributed by atoms with Crippen molar-refractivity contribution in [3.8, 4) is 11.5 Å². The highest BCUT2D eigenvalue weighted by molar-refractivity contribution is 5.95. The van der Waals surface area contributed by atoms with Crippen LogP contribution in [-0.2, 0) is 16.1 Å². The number of aryl methyl sites for hydroxylation is 1. The number of carbonyl (C=O) groups excluding carboxylic acids is 2. The molecule has 2 aromatic carbocycles. The van der Waals surface area contributed by atoms with E-state index in [0.29, 0.717) is 41.5 Å². The van der Waals surface area contributed by atoms with Crippen LogP contribution in [0.4, 0.5) is 4.79 Å². The summed E-state index contributed by atoms with van der Waals surface area (Å²) in [5.74, 6) is 0.568. The molecule has 0 spiro atoms. The van der Waals surface area contributed by atoms with Crippen molar-refractivity contribution in [1.82, 2.24) is 10.6 Å². The molecule has 0 bridgehead atoms. The topological polar surface area (TPSA) is 85.9 Å². The van der Waals surface area contributed by atoms with Crippen molar-refractivity contribution >= 4 is 12.0 Å². The Kier molecular flexibility index (Phi) is 7.41. The van der Waals surface area contributed by atoms with Crippen molar-refractivity contribution in [2.45, 2.75) is 40.3 Å². The predicted octanol–water partition coefficient (Wildman–Crippen LogP) is 4.41. The van der Waals surface area contributed by atoms with Gasteiger partial charge in [-0.1, -0.05) is 44.2 Å². The Hall–Kier alpha value is -3.48. The van der Waals surface area contributed by atoms with E-state index in [2.05, 4.69) is 10.6 Å². The van der Waals surface area contributed by atoms with Crippen molar-refractivity contribution in [2.75, 3.05) is 13.7 Å². The van der Waals surface area contributed by atoms with E-state index in [-0.39, 0.29) is 11.9 Å². The summed E-state index contributed by atoms with van der Waals surface area (Å²) in [6.45, 7) is 8.60. The summed E-state index contributed by atoms with van der Waals surface area (Å²) in [6, 6.07) is 12.4. The first-order valence-electron chi connectivity index (χ1n) is 10.7. The normalized spacial score (nSPS) is 15.8. The first-order chi connectivity index (χ1) is 15.3. The van der Waals surface area contributed by atoms with Crippen LogP contribution in [0.3, 0.4) is 0 Å². The monoisotopic (exact) mass is 438 g/mol. The van der Waals surface area contributed by atoms with E-state index in [4.69, 9.17) is 14.2 Å². The molecule has 2 aromatic rings. The van der Waals surface area contributed by atoms with Crippen molar-refractivity contribution in [3.63, 3.8) is 0 Å². The Morgan fingerprint density at radius 2 is 1.84 bits per heavy atom. The summed E-state index contributed by atoms with van der Waals surface area (Å²) in [5, 5.41) is 5.58. The number of ether oxygens (including phenoxy) is 3. The van der Waals surface area contributed by atoms with Crippen LogP contribution in [0.15, 0.2) is 53.7 Å². The van der Waals surface area contributed by atoms with Crippen LogP contribution in [0.1, 0.15) is 43.5 Å². The zero-order chi connectivity index (χ0) is 23.3. The summed E-state index contributed by atoms with van der Waals surface area (Å²) in [6.07, 6.45) is 0. The largest absolute Gasteiger partial charge is 0.490 e. The number of esters is 1. The van der Waals surface area contributed by atoms with E-state index in [9.17, 15) is 9.59 Å². The first kappa shape index (κ1) is 23.2. The zero-order valence-electron chi connectivity index (χ0n) is 19.2. The molecular weight excluding hydrogens is 408 g/mol. The fourth-order valence-corrected chi connectivity index (χ4v) is 3.65. The maximum Gasteiger partial charge on any atom is 0.337 e. The van der Waals surface area contributed by atoms with E-state index in [0.717, 1.165) is 11.1 Å². The van der Waals surface area contributed by atoms with Crippen LogP contribution in [0.25, 0.3) is 0 Å². The van der Waals surface area contributed by atoms with Gasteiger partial charge in [-0.25, -0.2) is 9.59 Å². The quantitative estimate of drug-likeness (QED) is 0.597. The highest BCUT2D eigenvalue weighted by Crippen LogP contribution is 2.36. The number of amides is 2. The van der Waals surface area contributed by atoms with Gasteiger partial charge in [0.25, 0.3) is 0 Å². The summed E-state index contributed by atoms with van der Waals surface area (Å²) in [4.78, 5) is 24.9. The predicted molar refractivity (Wildman–Crippen MR) is 121 cm³/mol. The molecule has 1 aliphatic rings. The highest BCUT2D eigenvalue weighted by Gasteiger charge is 2.34. The molecule has 32 heavy (non-hydrogen) atoms. The molecule has 7 nitrogen and oxygen atoms in total. The van der Waals surface area contributed by atoms with Crippen molar-refractivity contribution in [3.05, 3.63) is 70.4 Å². The van der Waals surface area contributed by atoms with E-state index in [1.54, 1.807) is 12.1 Å². The molecule has 0 saturated carbocycles. The van der Waals surface area contributed by atoms with Gasteiger partial charge in [-0.2, -0.15) is 0 Å². The number of rotatable bonds is 8. The minimum atomic E-state index is -0.668. The van der Waals surface area contributed by atoms with Crippen LogP contribution in [0.2, 0.25) is 0 Å². The average Bonchev–Trinajstić information content (AvgIpc) is 2.78. The van der Waals surface area contributed by atoms with Gasteiger partial charge in [-0.15, -0.1) is 0 Å². The molecule has 2 N–H and O–H groups in total. The van der Waals surface area contributed by atoms with E-state index in [1.807, 2.05) is 58.0 Å². The third-order valence-electron chi connectivity index (χ3n) is 5.33. The molecule has 0 aromatic heterocycles. The van der Waals surface area contributed by atoms with Gasteiger partial charge in [0.15, 0.2) is 11.5 Å². The molecule has 1 unspecified atom stereocenters. The number of allylic oxidation sites excluding steroid dienone is 1. The van der Waals surface area contributed by atoms with Gasteiger partial charge >= 0.3 is 12.0 Å². The number of nitrogens with one attached hydrogen (secondary N) is 2. The molecule has 0 fully saturated rings. The van der Waals surface area contributed by atoms with Crippen LogP contribution < -0.4 is 20.1 Å². The Balaban J connectivity index is 1.97. The summed E-state index contributed by atoms with van der Waals surface area (Å²) >= 11 is 0. The zero-order valence-corrected chi connectivity index (χ0v) is 19.2. The van der Waals surface area contributed by atoms with Gasteiger partial charge in [0.1, 0.15) is 6.61 Å². The SMILES string of the molecule is CCOc1cc(C2NC(=O)NC(C(C)C)=C2C(=O)OC)ccc1OCc1ccccc1C. The number of hydrogen-bond acceptors (Lipinski definition) is 5. The molecule has 1 heterocycles. The number of hydrogen-bond donors (Lipinski definition) is 2. The molecule has 170 valence electrons. The molecule has 7 heteroatoms. The molecular formula is C25H30N2O5. The fraction of sp³-hybridized carbons (Fsp3) is 0.360. The molecule has 3 rings (SSSR count). The van der Waals surface area contributed by atoms with Crippen molar-refractivity contribution < 1.29 is 23.8 Å². The average molecular weight is 439 g/mol. The second-order valence-corrected chi connectivity index (χ2v) is 7.86. The molecule has 0 radical (unpaired) electrons. The Labute approximate surface area is 188 Å². The van der Waals surface area contributed by atoms with Crippen molar-refractivity contribution in [2.24, 2.45) is 5.92 Å². The number of benzene rings is 2. The smallest absolute Gasteiger partial charge is 0.337 e. The van der Waals surface area contributed by atoms with Gasteiger partial charge in [-0.05, 0) is 48.6 Å². The summed E-state index contributed by atoms with van der Waals surface area (Å²) < 4.78 is 16.9. The van der Waals surface area contributed by atoms with Gasteiger partial charge in [0, 0.05) is 5.70 Å². The second-order valence-electron chi connectivity index (χ2n) is 7.86. The lowest BCUT2D eigenvalue weighted by atomic mass is 9.91. The van der Waals surface area contributed by atoms with E-state index < -0.39 is 12.0 Å². The number of carbonyl (C=O) groups is 2. The standard InChI is InChI=1S/C25H30N2O5/c1-6-31-20-13-17(11-12-19(20)32-14-18-10-8-7-9-16(18)4)23-21(24(28)30-5)22(15(2)3)26-25(29)27-23/h7-13,15,23H,6,14H2,1-5H3,(H2,26,27,29). The lowest BCUT2D eigenvalue weighted by molar-refractivity contribution is -0.136. The molecule has 0 aliphatic carbocycles. The molecule has 1 atom stereocenters. The maximum absolute atomic E-state index is 12.6. The van der Waals surface area contributed by atoms with Gasteiger partial charge < -0.3 is 24.8 Å². The number of urea groups is 1. The molecule has 2 amide bonds. The van der Waals surface area contributed by atoms with Crippen LogP contribution in [0, 0.1) is 12.8 Å². The minimum absolute atomic E-state index is 0.0688. The van der Waals surface area contributed by atoms with Crippen LogP contribution >= 0.6 is 0 Å². The maximum atomic E-state index is 12.6. The Morgan fingerprint density at radius 1 is 1.09 bits per heavy atom. The Bertz CT molecular complexity index is 1030. The van der Waals surface area contributed by atoms with Gasteiger partial charge in [0.2, 0.25) is 0 Å². The summed E-state index contributed by atoms with van der Waals surface area (Å²) in [7, 11) is 1.33. The first-order valence-corrected chi connectivity index (χ1v) is 10.7. The second kappa shape index (κ2) is 10.2. The third-order valence-corrected chi connectivity index (χ3v) is 5.33. The number of methoxy groups -OCH3 is 1. The lowest BCUT2D eigenvalue weighted by Crippen LogP contribution is -2.47. The summed E-state index contributed by atoms with van der Waals surface area (Å²) in [5.41, 5.74) is 3.85. The highest BCUT2D eigenvalue weighted by atomic mass is 16.5. The van der Waals surface area contributed by atoms with Crippen LogP contribution in [0.5, 0.6) is 11.5 Å². The Morgan fingerprint density at radius 3 is 2.50 bits per heavy atom. The van der Waals surface area contributed by atoms with Gasteiger partial charge in [0.05, 0.1) is 25.3 Å². The molecule has 0 saturated heterocycles. The lowest BCUT2D eigenvalue weighted by Gasteiger charge is -2.31. The molecule has 1 aliphatic heterocycles. The van der Waals surface area contributed by atoms with E-state index >= 15 is 0 Å². The van der Waals surface area contributed by atoms with Gasteiger partial charge in [-0.3, -0.25) is 0 Å². The van der Waals surface area contributed by atoms with Crippen LogP contribution in [-0.4, -0.2) is 25.7 Å². The third kappa shape index (κ3) is 5.04.